The molecule has 1 rings (SSSR count). The molecule has 0 aliphatic heterocycles. The Balaban J connectivity index is 3.40. The molecule has 0 aliphatic rings. The van der Waals surface area contributed by atoms with Crippen LogP contribution in [0.25, 0.3) is 4.98 Å². The first kappa shape index (κ1) is 8.50. The van der Waals surface area contributed by atoms with Crippen molar-refractivity contribution in [1.82, 2.24) is 0 Å². The highest BCUT2D eigenvalue weighted by molar-refractivity contribution is 6.34. The number of hydrogen-bond acceptors (Lipinski definition) is 2. The summed E-state index contributed by atoms with van der Waals surface area (Å²) in [5, 5.41) is 17.1. The van der Waals surface area contributed by atoms with Crippen molar-refractivity contribution in [1.29, 1.82) is 5.39 Å². The van der Waals surface area contributed by atoms with Crippen LogP contribution in [0.2, 0.25) is 5.02 Å². The molecule has 0 aliphatic carbocycles. The zero-order valence-electron chi connectivity index (χ0n) is 5.86. The quantitative estimate of drug-likeness (QED) is 0.681. The van der Waals surface area contributed by atoms with Crippen LogP contribution >= 0.6 is 11.6 Å². The van der Waals surface area contributed by atoms with Crippen LogP contribution in [-0.4, -0.2) is 11.1 Å². The summed E-state index contributed by atoms with van der Waals surface area (Å²) < 4.78 is 0. The van der Waals surface area contributed by atoms with Crippen LogP contribution in [0.15, 0.2) is 18.2 Å². The number of carboxylic acid groups (broad SMARTS) is 1. The topological polar surface area (TPSA) is 65.5 Å². The molecule has 0 atom stereocenters. The number of benzene rings is 1. The predicted molar refractivity (Wildman–Crippen MR) is 43.2 cm³/mol. The van der Waals surface area contributed by atoms with Crippen molar-refractivity contribution in [2.45, 2.75) is 0 Å². The van der Waals surface area contributed by atoms with Gasteiger partial charge in [-0.1, -0.05) is 17.7 Å². The van der Waals surface area contributed by atoms with E-state index in [1.165, 1.54) is 18.2 Å². The van der Waals surface area contributed by atoms with E-state index in [0.29, 0.717) is 0 Å². The standard InChI is InChI=1S/C7H3ClN2O2/c8-5-3-1-2-4(7(11)12)6(5)10-9/h1-3H/p+1. The Morgan fingerprint density at radius 3 is 2.67 bits per heavy atom. The summed E-state index contributed by atoms with van der Waals surface area (Å²) in [6.45, 7) is 0. The lowest BCUT2D eigenvalue weighted by Gasteiger charge is -1.89. The number of nitrogens with zero attached hydrogens (tertiary/aromatic N) is 2. The van der Waals surface area contributed by atoms with E-state index in [9.17, 15) is 4.79 Å². The summed E-state index contributed by atoms with van der Waals surface area (Å²) in [6, 6.07) is 4.23. The van der Waals surface area contributed by atoms with E-state index in [0.717, 1.165) is 0 Å². The Hall–Kier alpha value is -1.60. The van der Waals surface area contributed by atoms with Crippen LogP contribution < -0.4 is 0 Å². The second-order valence-electron chi connectivity index (χ2n) is 2.04. The maximum Gasteiger partial charge on any atom is 0.417 e. The number of aromatic carboxylic acids is 1. The largest absolute Gasteiger partial charge is 0.477 e. The normalized spacial score (nSPS) is 9.00. The van der Waals surface area contributed by atoms with Gasteiger partial charge in [-0.3, -0.25) is 0 Å². The summed E-state index contributed by atoms with van der Waals surface area (Å²) in [6.07, 6.45) is 0. The molecule has 0 radical (unpaired) electrons. The maximum absolute atomic E-state index is 10.5. The lowest BCUT2D eigenvalue weighted by Crippen LogP contribution is -1.95. The van der Waals surface area contributed by atoms with Gasteiger partial charge < -0.3 is 5.11 Å². The van der Waals surface area contributed by atoms with Gasteiger partial charge in [0.2, 0.25) is 5.39 Å². The Morgan fingerprint density at radius 1 is 1.58 bits per heavy atom. The molecule has 5 heteroatoms. The molecular weight excluding hydrogens is 180 g/mol. The molecule has 12 heavy (non-hydrogen) atoms. The van der Waals surface area contributed by atoms with Gasteiger partial charge in [0.15, 0.2) is 10.5 Å². The Labute approximate surface area is 73.0 Å². The first-order valence-corrected chi connectivity index (χ1v) is 3.41. The molecule has 0 saturated heterocycles. The highest BCUT2D eigenvalue weighted by Gasteiger charge is 2.23. The predicted octanol–water partition coefficient (Wildman–Crippen LogP) is 2.52. The minimum atomic E-state index is -1.18. The second-order valence-corrected chi connectivity index (χ2v) is 2.45. The molecule has 0 amide bonds. The minimum Gasteiger partial charge on any atom is -0.477 e. The maximum atomic E-state index is 10.5. The van der Waals surface area contributed by atoms with Crippen molar-refractivity contribution in [2.75, 3.05) is 0 Å². The molecule has 0 unspecified atom stereocenters. The van der Waals surface area contributed by atoms with Gasteiger partial charge in [-0.25, -0.2) is 4.79 Å². The van der Waals surface area contributed by atoms with Crippen LogP contribution in [0.1, 0.15) is 10.4 Å². The smallest absolute Gasteiger partial charge is 0.417 e. The number of rotatable bonds is 1. The molecule has 0 fully saturated rings. The van der Waals surface area contributed by atoms with E-state index in [2.05, 4.69) is 4.98 Å². The van der Waals surface area contributed by atoms with Crippen LogP contribution in [0.3, 0.4) is 0 Å². The number of halogens is 1. The third kappa shape index (κ3) is 1.36. The van der Waals surface area contributed by atoms with Gasteiger partial charge in [0, 0.05) is 0 Å². The van der Waals surface area contributed by atoms with Crippen molar-refractivity contribution in [3.05, 3.63) is 33.8 Å². The van der Waals surface area contributed by atoms with E-state index in [4.69, 9.17) is 22.1 Å². The Kier molecular flexibility index (Phi) is 2.26. The second kappa shape index (κ2) is 3.20. The molecule has 0 aromatic heterocycles. The first-order valence-electron chi connectivity index (χ1n) is 3.03. The summed E-state index contributed by atoms with van der Waals surface area (Å²) >= 11 is 5.56. The summed E-state index contributed by atoms with van der Waals surface area (Å²) in [4.78, 5) is 13.3. The summed E-state index contributed by atoms with van der Waals surface area (Å²) in [5.41, 5.74) is -0.239. The van der Waals surface area contributed by atoms with Crippen molar-refractivity contribution >= 4 is 23.3 Å². The van der Waals surface area contributed by atoms with E-state index in [-0.39, 0.29) is 16.3 Å². The highest BCUT2D eigenvalue weighted by Crippen LogP contribution is 2.28. The van der Waals surface area contributed by atoms with E-state index in [1.807, 2.05) is 0 Å². The van der Waals surface area contributed by atoms with Crippen molar-refractivity contribution in [3.63, 3.8) is 0 Å². The average molecular weight is 184 g/mol. The third-order valence-electron chi connectivity index (χ3n) is 1.32. The highest BCUT2D eigenvalue weighted by atomic mass is 35.5. The van der Waals surface area contributed by atoms with Crippen LogP contribution in [-0.2, 0) is 0 Å². The fourth-order valence-corrected chi connectivity index (χ4v) is 1.00. The Bertz CT molecular complexity index is 370. The van der Waals surface area contributed by atoms with Crippen molar-refractivity contribution in [3.8, 4) is 0 Å². The van der Waals surface area contributed by atoms with E-state index >= 15 is 0 Å². The molecular formula is C7H4ClN2O2+. The third-order valence-corrected chi connectivity index (χ3v) is 1.62. The Morgan fingerprint density at radius 2 is 2.25 bits per heavy atom. The molecule has 60 valence electrons. The first-order chi connectivity index (χ1) is 5.66. The molecule has 4 nitrogen and oxygen atoms in total. The van der Waals surface area contributed by atoms with Crippen LogP contribution in [0.4, 0.5) is 5.69 Å². The average Bonchev–Trinajstić information content (AvgIpc) is 2.03. The van der Waals surface area contributed by atoms with Gasteiger partial charge >= 0.3 is 11.7 Å². The van der Waals surface area contributed by atoms with Gasteiger partial charge in [-0.15, -0.1) is 0 Å². The van der Waals surface area contributed by atoms with E-state index in [1.54, 1.807) is 0 Å². The summed E-state index contributed by atoms with van der Waals surface area (Å²) in [5.74, 6) is -1.18. The molecule has 1 aromatic rings. The van der Waals surface area contributed by atoms with Gasteiger partial charge in [0.05, 0.1) is 0 Å². The van der Waals surface area contributed by atoms with Gasteiger partial charge in [-0.05, 0) is 12.1 Å². The number of hydrogen-bond donors (Lipinski definition) is 1. The van der Waals surface area contributed by atoms with Crippen LogP contribution in [0, 0.1) is 5.39 Å². The lowest BCUT2D eigenvalue weighted by atomic mass is 10.2. The van der Waals surface area contributed by atoms with Gasteiger partial charge in [0.25, 0.3) is 0 Å². The number of diazo groups is 1. The minimum absolute atomic E-state index is 0.109. The molecule has 0 saturated carbocycles. The van der Waals surface area contributed by atoms with E-state index < -0.39 is 5.97 Å². The number of carbonyl (C=O) groups is 1. The van der Waals surface area contributed by atoms with Gasteiger partial charge in [-0.2, -0.15) is 0 Å². The zero-order chi connectivity index (χ0) is 9.14. The molecule has 0 bridgehead atoms. The monoisotopic (exact) mass is 183 g/mol. The number of carboxylic acids is 1. The van der Waals surface area contributed by atoms with Crippen LogP contribution in [0.5, 0.6) is 0 Å². The molecule has 0 spiro atoms. The summed E-state index contributed by atoms with van der Waals surface area (Å²) in [7, 11) is 0. The fraction of sp³-hybridized carbons (Fsp3) is 0. The van der Waals surface area contributed by atoms with Crippen molar-refractivity contribution in [2.24, 2.45) is 0 Å². The fourth-order valence-electron chi connectivity index (χ4n) is 0.790. The molecule has 0 heterocycles. The van der Waals surface area contributed by atoms with Crippen molar-refractivity contribution < 1.29 is 9.90 Å². The SMILES string of the molecule is N#[N+]c1c(Cl)cccc1C(=O)O. The zero-order valence-corrected chi connectivity index (χ0v) is 6.62. The molecule has 1 N–H and O–H groups in total. The molecule has 1 aromatic carbocycles. The van der Waals surface area contributed by atoms with Gasteiger partial charge in [0.1, 0.15) is 5.02 Å². The lowest BCUT2D eigenvalue weighted by molar-refractivity contribution is 0.0698.